The number of hydrogen-bond acceptors (Lipinski definition) is 8. The van der Waals surface area contributed by atoms with E-state index in [2.05, 4.69) is 9.80 Å². The number of nitrogens with zero attached hydrogens (tertiary/aromatic N) is 6. The zero-order chi connectivity index (χ0) is 24.0. The molecule has 2 aromatic rings. The van der Waals surface area contributed by atoms with Gasteiger partial charge in [0.15, 0.2) is 5.82 Å². The number of hydrogen-bond donors (Lipinski definition) is 1. The molecule has 3 aliphatic heterocycles. The quantitative estimate of drug-likeness (QED) is 0.619. The number of likely N-dealkylation sites (N-methyl/N-ethyl adjacent to an activating group) is 1. The third-order valence-electron chi connectivity index (χ3n) is 6.69. The minimum Gasteiger partial charge on any atom is -0.611 e. The Kier molecular flexibility index (Phi) is 6.49. The van der Waals surface area contributed by atoms with Crippen LogP contribution in [0.4, 0.5) is 17.5 Å². The Hall–Kier alpha value is -2.27. The third-order valence-corrected chi connectivity index (χ3v) is 8.39. The molecule has 1 aromatic heterocycles. The summed E-state index contributed by atoms with van der Waals surface area (Å²) >= 11 is 4.81. The summed E-state index contributed by atoms with van der Waals surface area (Å²) in [6.45, 7) is 3.40. The zero-order valence-electron chi connectivity index (χ0n) is 19.4. The van der Waals surface area contributed by atoms with Gasteiger partial charge in [-0.15, -0.1) is 0 Å². The van der Waals surface area contributed by atoms with E-state index in [0.29, 0.717) is 35.3 Å². The molecule has 5 rings (SSSR count). The standard InChI is InChI=1S/C23H29ClN6O3S/c1-27(2)22(32)19-13-17(31)14-30(19)21-20-18(7-12-34(20)33)25-23(26-21)29-10-8-28(9-11-29)16-5-3-15(24)4-6-16/h3-6,17,19,31H,7-14H2,1-2H3/t17-,19+,34?/m1/s1. The summed E-state index contributed by atoms with van der Waals surface area (Å²) in [4.78, 5) is 31.0. The van der Waals surface area contributed by atoms with Crippen molar-refractivity contribution >= 4 is 46.1 Å². The van der Waals surface area contributed by atoms with Crippen molar-refractivity contribution in [2.75, 3.05) is 67.3 Å². The number of rotatable bonds is 4. The van der Waals surface area contributed by atoms with E-state index in [-0.39, 0.29) is 12.5 Å². The van der Waals surface area contributed by atoms with Gasteiger partial charge in [0.05, 0.1) is 6.10 Å². The van der Waals surface area contributed by atoms with Crippen molar-refractivity contribution < 1.29 is 14.5 Å². The lowest BCUT2D eigenvalue weighted by Gasteiger charge is -2.36. The molecule has 3 aliphatic rings. The summed E-state index contributed by atoms with van der Waals surface area (Å²) in [6, 6.07) is 7.32. The number of piperazine rings is 1. The first kappa shape index (κ1) is 23.5. The summed E-state index contributed by atoms with van der Waals surface area (Å²) in [5, 5.41) is 11.1. The van der Waals surface area contributed by atoms with Crippen LogP contribution in [0, 0.1) is 0 Å². The van der Waals surface area contributed by atoms with E-state index in [1.165, 1.54) is 4.90 Å². The van der Waals surface area contributed by atoms with Crippen LogP contribution < -0.4 is 14.7 Å². The summed E-state index contributed by atoms with van der Waals surface area (Å²) in [7, 11) is 3.42. The average Bonchev–Trinajstić information content (AvgIpc) is 3.41. The van der Waals surface area contributed by atoms with Crippen LogP contribution in [0.1, 0.15) is 12.1 Å². The van der Waals surface area contributed by atoms with E-state index in [4.69, 9.17) is 21.6 Å². The number of β-amino-alcohol motifs (C(OH)–C–C–N with tert-alkyl or cyclic N) is 1. The maximum Gasteiger partial charge on any atom is 0.244 e. The summed E-state index contributed by atoms with van der Waals surface area (Å²) in [6.07, 6.45) is 0.316. The highest BCUT2D eigenvalue weighted by Gasteiger charge is 2.43. The van der Waals surface area contributed by atoms with Crippen molar-refractivity contribution in [3.05, 3.63) is 35.0 Å². The molecular formula is C23H29ClN6O3S. The largest absolute Gasteiger partial charge is 0.611 e. The molecule has 3 atom stereocenters. The number of anilines is 3. The molecule has 0 saturated carbocycles. The fourth-order valence-electron chi connectivity index (χ4n) is 4.90. The minimum absolute atomic E-state index is 0.0918. The maximum atomic E-state index is 12.9. The number of aromatic nitrogens is 2. The summed E-state index contributed by atoms with van der Waals surface area (Å²) < 4.78 is 12.9. The van der Waals surface area contributed by atoms with Gasteiger partial charge in [-0.05, 0) is 35.4 Å². The van der Waals surface area contributed by atoms with E-state index in [1.54, 1.807) is 14.1 Å². The minimum atomic E-state index is -1.21. The molecule has 0 bridgehead atoms. The summed E-state index contributed by atoms with van der Waals surface area (Å²) in [5.41, 5.74) is 1.92. The second-order valence-corrected chi connectivity index (χ2v) is 11.1. The predicted octanol–water partition coefficient (Wildman–Crippen LogP) is 1.15. The zero-order valence-corrected chi connectivity index (χ0v) is 20.9. The Morgan fingerprint density at radius 3 is 2.50 bits per heavy atom. The fraction of sp³-hybridized carbons (Fsp3) is 0.522. The topological polar surface area (TPSA) is 99.1 Å². The Balaban J connectivity index is 1.42. The Labute approximate surface area is 207 Å². The lowest BCUT2D eigenvalue weighted by molar-refractivity contribution is -0.130. The van der Waals surface area contributed by atoms with Crippen LogP contribution >= 0.6 is 11.6 Å². The van der Waals surface area contributed by atoms with Crippen molar-refractivity contribution in [2.45, 2.75) is 29.9 Å². The van der Waals surface area contributed by atoms with E-state index in [1.807, 2.05) is 29.2 Å². The molecule has 1 N–H and O–H groups in total. The molecule has 34 heavy (non-hydrogen) atoms. The van der Waals surface area contributed by atoms with Crippen molar-refractivity contribution in [3.8, 4) is 0 Å². The molecule has 1 amide bonds. The molecule has 1 aromatic carbocycles. The van der Waals surface area contributed by atoms with E-state index >= 15 is 0 Å². The smallest absolute Gasteiger partial charge is 0.244 e. The average molecular weight is 505 g/mol. The van der Waals surface area contributed by atoms with Gasteiger partial charge in [-0.3, -0.25) is 4.79 Å². The van der Waals surface area contributed by atoms with Crippen molar-refractivity contribution in [1.82, 2.24) is 14.9 Å². The number of amides is 1. The van der Waals surface area contributed by atoms with Gasteiger partial charge in [-0.2, -0.15) is 4.98 Å². The van der Waals surface area contributed by atoms with Crippen LogP contribution in [0.2, 0.25) is 5.02 Å². The summed E-state index contributed by atoms with van der Waals surface area (Å²) in [5.74, 6) is 1.55. The lowest BCUT2D eigenvalue weighted by atomic mass is 10.1. The number of halogens is 1. The van der Waals surface area contributed by atoms with Gasteiger partial charge in [-0.1, -0.05) is 11.6 Å². The lowest BCUT2D eigenvalue weighted by Crippen LogP contribution is -2.47. The second kappa shape index (κ2) is 9.41. The highest BCUT2D eigenvalue weighted by molar-refractivity contribution is 7.91. The molecular weight excluding hydrogens is 476 g/mol. The van der Waals surface area contributed by atoms with Crippen LogP contribution in [0.5, 0.6) is 0 Å². The van der Waals surface area contributed by atoms with Crippen molar-refractivity contribution in [1.29, 1.82) is 0 Å². The third kappa shape index (κ3) is 4.39. The normalized spacial score (nSPS) is 24.5. The number of aryl methyl sites for hydroxylation is 1. The van der Waals surface area contributed by atoms with Gasteiger partial charge in [0.2, 0.25) is 16.8 Å². The number of benzene rings is 1. The SMILES string of the molecule is CN(C)C(=O)[C@@H]1C[C@@H](O)CN1c1nc(N2CCN(c3ccc(Cl)cc3)CC2)nc2c1[S+]([O-])CC2. The molecule has 9 nitrogen and oxygen atoms in total. The Bertz CT molecular complexity index is 1060. The number of aliphatic hydroxyl groups excluding tert-OH is 1. The predicted molar refractivity (Wildman–Crippen MR) is 133 cm³/mol. The van der Waals surface area contributed by atoms with Gasteiger partial charge in [-0.25, -0.2) is 4.98 Å². The van der Waals surface area contributed by atoms with Crippen LogP contribution in [0.3, 0.4) is 0 Å². The van der Waals surface area contributed by atoms with Crippen LogP contribution in [-0.4, -0.2) is 95.2 Å². The maximum absolute atomic E-state index is 12.9. The first-order chi connectivity index (χ1) is 16.3. The van der Waals surface area contributed by atoms with E-state index in [9.17, 15) is 14.5 Å². The van der Waals surface area contributed by atoms with Gasteiger partial charge in [0, 0.05) is 70.4 Å². The van der Waals surface area contributed by atoms with E-state index in [0.717, 1.165) is 42.6 Å². The number of aliphatic hydroxyl groups is 1. The first-order valence-electron chi connectivity index (χ1n) is 11.5. The Morgan fingerprint density at radius 1 is 1.15 bits per heavy atom. The molecule has 4 heterocycles. The van der Waals surface area contributed by atoms with E-state index < -0.39 is 23.3 Å². The molecule has 0 radical (unpaired) electrons. The Morgan fingerprint density at radius 2 is 1.82 bits per heavy atom. The second-order valence-electron chi connectivity index (χ2n) is 9.16. The number of carbonyl (C=O) groups excluding carboxylic acids is 1. The molecule has 0 spiro atoms. The molecule has 2 fully saturated rings. The molecule has 11 heteroatoms. The molecule has 2 saturated heterocycles. The first-order valence-corrected chi connectivity index (χ1v) is 13.2. The number of carbonyl (C=O) groups is 1. The highest BCUT2D eigenvalue weighted by atomic mass is 35.5. The highest BCUT2D eigenvalue weighted by Crippen LogP contribution is 2.38. The van der Waals surface area contributed by atoms with Crippen LogP contribution in [-0.2, 0) is 22.4 Å². The molecule has 1 unspecified atom stereocenters. The molecule has 182 valence electrons. The van der Waals surface area contributed by atoms with Gasteiger partial charge in [0.25, 0.3) is 0 Å². The van der Waals surface area contributed by atoms with Crippen molar-refractivity contribution in [3.63, 3.8) is 0 Å². The monoisotopic (exact) mass is 504 g/mol. The van der Waals surface area contributed by atoms with Gasteiger partial charge in [0.1, 0.15) is 17.5 Å². The fourth-order valence-corrected chi connectivity index (χ4v) is 6.38. The van der Waals surface area contributed by atoms with Gasteiger partial charge < -0.3 is 29.3 Å². The molecule has 0 aliphatic carbocycles. The number of fused-ring (bicyclic) bond motifs is 1. The van der Waals surface area contributed by atoms with Crippen LogP contribution in [0.25, 0.3) is 0 Å². The van der Waals surface area contributed by atoms with Crippen LogP contribution in [0.15, 0.2) is 29.2 Å². The van der Waals surface area contributed by atoms with Gasteiger partial charge >= 0.3 is 0 Å². The van der Waals surface area contributed by atoms with Crippen molar-refractivity contribution in [2.24, 2.45) is 0 Å².